The number of halogens is 2. The third kappa shape index (κ3) is 22.1. The number of aliphatic hydroxyl groups excluding tert-OH is 1. The Labute approximate surface area is 495 Å². The fraction of sp³-hybridized carbons (Fsp3) is 0.327. The summed E-state index contributed by atoms with van der Waals surface area (Å²) in [7, 11) is 0. The van der Waals surface area contributed by atoms with E-state index in [4.69, 9.17) is 62.8 Å². The van der Waals surface area contributed by atoms with Crippen molar-refractivity contribution in [3.8, 4) is 31.7 Å². The third-order valence-electron chi connectivity index (χ3n) is 9.63. The molecular weight excluding hydrogens is 1210 g/mol. The predicted molar refractivity (Wildman–Crippen MR) is 306 cm³/mol. The van der Waals surface area contributed by atoms with E-state index in [0.717, 1.165) is 104 Å². The molecule has 9 aromatic heterocycles. The molecule has 3 N–H and O–H groups in total. The Morgan fingerprint density at radius 1 is 0.537 bits per heavy atom. The maximum absolute atomic E-state index is 12.1. The summed E-state index contributed by atoms with van der Waals surface area (Å²) in [5, 5.41) is 30.2. The molecule has 0 unspecified atom stereocenters. The summed E-state index contributed by atoms with van der Waals surface area (Å²) < 4.78 is 3.06. The van der Waals surface area contributed by atoms with Gasteiger partial charge in [0.25, 0.3) is 0 Å². The summed E-state index contributed by atoms with van der Waals surface area (Å²) in [6.45, 7) is 15.9. The van der Waals surface area contributed by atoms with Crippen molar-refractivity contribution in [1.29, 1.82) is 0 Å². The number of aryl methyl sites for hydroxylation is 7. The van der Waals surface area contributed by atoms with Crippen LogP contribution in [0.5, 0.6) is 0 Å². The molecule has 9 aromatic rings. The molecule has 9 rings (SSSR count). The Kier molecular flexibility index (Phi) is 29.7. The number of nitrogen functional groups attached to an aromatic ring is 1. The topological polar surface area (TPSA) is 326 Å². The number of nitrogens with two attached hydrogens (primary N) is 1. The molecule has 0 amide bonds. The van der Waals surface area contributed by atoms with Crippen molar-refractivity contribution in [2.75, 3.05) is 5.73 Å². The van der Waals surface area contributed by atoms with E-state index in [1.54, 1.807) is 46.7 Å². The van der Waals surface area contributed by atoms with Gasteiger partial charge in [-0.05, 0) is 47.0 Å². The van der Waals surface area contributed by atoms with Crippen LogP contribution in [0, 0.1) is 27.7 Å². The molecule has 0 atom stereocenters. The molecule has 0 aliphatic carbocycles. The first kappa shape index (κ1) is 67.6. The van der Waals surface area contributed by atoms with Gasteiger partial charge in [-0.2, -0.15) is 39.0 Å². The molecule has 0 aromatic carbocycles. The number of ketones is 3. The summed E-state index contributed by atoms with van der Waals surface area (Å²) in [6.07, 6.45) is 10.4. The molecule has 22 nitrogen and oxygen atoms in total. The van der Waals surface area contributed by atoms with Crippen LogP contribution in [0.4, 0.5) is 5.13 Å². The van der Waals surface area contributed by atoms with Gasteiger partial charge in [0.05, 0.1) is 129 Å². The van der Waals surface area contributed by atoms with Gasteiger partial charge in [-0.3, -0.25) is 23.7 Å². The molecule has 0 bridgehead atoms. The minimum atomic E-state index is -0.0760. The van der Waals surface area contributed by atoms with E-state index in [9.17, 15) is 14.4 Å². The average molecular weight is 1260 g/mol. The number of aliphatic hydroxyl groups is 1. The summed E-state index contributed by atoms with van der Waals surface area (Å²) in [6, 6.07) is 0. The molecule has 0 radical (unpaired) electrons. The van der Waals surface area contributed by atoms with Crippen LogP contribution in [0.15, 0.2) is 40.9 Å². The van der Waals surface area contributed by atoms with Crippen molar-refractivity contribution in [3.05, 3.63) is 109 Å². The van der Waals surface area contributed by atoms with Gasteiger partial charge in [-0.25, -0.2) is 34.9 Å². The number of carbonyl (C=O) groups is 3. The highest BCUT2D eigenvalue weighted by Crippen LogP contribution is 2.34. The Morgan fingerprint density at radius 2 is 0.887 bits per heavy atom. The number of rotatable bonds is 16. The molecule has 0 fully saturated rings. The van der Waals surface area contributed by atoms with Gasteiger partial charge in [0.1, 0.15) is 15.0 Å². The SMILES string of the molecule is CCc1nc(C)c(-c2csc(CC(=O)Cn3cc(Cl)cn3)n2)s1.CCc1nc(C)c(-c2csc(N)n2)s1.CCc1nc(C)c(C(C)=O)s1.Cc1nc(CO)sc1-c1csc(CC(=O)Cn2cc(Cl)cn2)n1.O=C=O.O=C=O.O=C=O. The number of carbonyl (C=O) groups excluding carboxylic acids is 9. The van der Waals surface area contributed by atoms with E-state index < -0.39 is 0 Å². The molecule has 0 aliphatic heterocycles. The molecule has 422 valence electrons. The van der Waals surface area contributed by atoms with Crippen LogP contribution < -0.4 is 5.73 Å². The lowest BCUT2D eigenvalue weighted by molar-refractivity contribution is -0.193. The van der Waals surface area contributed by atoms with E-state index in [-0.39, 0.29) is 61.9 Å². The van der Waals surface area contributed by atoms with E-state index in [2.05, 4.69) is 58.9 Å². The molecular formula is C49H50Cl2N12O10S7. The summed E-state index contributed by atoms with van der Waals surface area (Å²) in [4.78, 5) is 119. The molecule has 0 saturated heterocycles. The van der Waals surface area contributed by atoms with Crippen molar-refractivity contribution < 1.29 is 48.3 Å². The lowest BCUT2D eigenvalue weighted by Gasteiger charge is -1.98. The predicted octanol–water partition coefficient (Wildman–Crippen LogP) is 9.71. The molecule has 9 heterocycles. The number of Topliss-reactive ketones (excluding diaryl/α,β-unsaturated/α-hetero) is 3. The molecule has 0 spiro atoms. The standard InChI is InChI=1S/C15H15ClN4OS2.C14H13ClN4O2S2.C9H11N3S2.C8H11NOS.3CO2/c1-3-13-18-9(2)15(23-13)12-8-22-14(19-12)4-11(21)7-20-6-10(16)5-17-20;1-8-14(23-13(6-20)17-8)11-7-22-12(18-11)2-10(21)5-19-4-9(15)3-16-19;1-3-7-11-5(2)8(14-7)6-4-13-9(10)12-6;1-4-7-9-5(2)8(11-7)6(3)10;3*2-1-3/h5-6,8H,3-4,7H2,1-2H3;3-4,7,20H,2,5-6H2,1H3;4H,3H2,1-2H3,(H2,10,12);4H2,1-3H3;;;. The second-order valence-electron chi connectivity index (χ2n) is 15.6. The number of anilines is 1. The number of hydrogen-bond acceptors (Lipinski definition) is 27. The van der Waals surface area contributed by atoms with Crippen LogP contribution in [0.3, 0.4) is 0 Å². The zero-order valence-corrected chi connectivity index (χ0v) is 51.2. The van der Waals surface area contributed by atoms with Crippen LogP contribution in [-0.4, -0.2) is 95.4 Å². The minimum Gasteiger partial charge on any atom is -0.389 e. The van der Waals surface area contributed by atoms with Crippen molar-refractivity contribution in [2.45, 2.75) is 107 Å². The van der Waals surface area contributed by atoms with Crippen LogP contribution in [0.1, 0.15) is 90.2 Å². The highest BCUT2D eigenvalue weighted by Gasteiger charge is 2.17. The van der Waals surface area contributed by atoms with Crippen molar-refractivity contribution in [3.63, 3.8) is 0 Å². The van der Waals surface area contributed by atoms with Gasteiger partial charge >= 0.3 is 18.5 Å². The average Bonchev–Trinajstić information content (AvgIpc) is 4.27. The number of hydrogen-bond donors (Lipinski definition) is 2. The largest absolute Gasteiger partial charge is 0.389 e. The van der Waals surface area contributed by atoms with Gasteiger partial charge in [0.15, 0.2) is 22.5 Å². The second kappa shape index (κ2) is 35.1. The number of thiazole rings is 7. The fourth-order valence-corrected chi connectivity index (χ4v) is 12.8. The van der Waals surface area contributed by atoms with Crippen LogP contribution in [-0.2, 0) is 90.2 Å². The first-order chi connectivity index (χ1) is 38.2. The maximum Gasteiger partial charge on any atom is 0.373 e. The second-order valence-corrected chi connectivity index (χ2v) is 23.6. The van der Waals surface area contributed by atoms with Crippen molar-refractivity contribution >= 4 is 143 Å². The molecule has 31 heteroatoms. The minimum absolute atomic E-state index is 0.0164. The zero-order chi connectivity index (χ0) is 59.5. The van der Waals surface area contributed by atoms with Crippen LogP contribution >= 0.6 is 103 Å². The maximum atomic E-state index is 12.1. The Morgan fingerprint density at radius 3 is 1.18 bits per heavy atom. The Balaban J connectivity index is 0.000000275. The van der Waals surface area contributed by atoms with Gasteiger partial charge in [0.2, 0.25) is 0 Å². The fourth-order valence-electron chi connectivity index (χ4n) is 6.41. The smallest absolute Gasteiger partial charge is 0.373 e. The van der Waals surface area contributed by atoms with E-state index in [1.807, 2.05) is 50.8 Å². The summed E-state index contributed by atoms with van der Waals surface area (Å²) in [5.74, 6) is 0.198. The number of aromatic nitrogens is 11. The van der Waals surface area contributed by atoms with Crippen LogP contribution in [0.25, 0.3) is 31.7 Å². The Hall–Kier alpha value is -6.68. The monoisotopic (exact) mass is 1260 g/mol. The Bertz CT molecular complexity index is 3360. The van der Waals surface area contributed by atoms with Crippen molar-refractivity contribution in [1.82, 2.24) is 54.4 Å². The molecule has 80 heavy (non-hydrogen) atoms. The molecule has 0 aliphatic rings. The lowest BCUT2D eigenvalue weighted by Crippen LogP contribution is -2.12. The van der Waals surface area contributed by atoms with Gasteiger partial charge < -0.3 is 10.8 Å². The normalized spacial score (nSPS) is 9.94. The molecule has 0 saturated carbocycles. The van der Waals surface area contributed by atoms with E-state index >= 15 is 0 Å². The zero-order valence-electron chi connectivity index (χ0n) is 43.9. The van der Waals surface area contributed by atoms with E-state index in [1.165, 1.54) is 73.8 Å². The highest BCUT2D eigenvalue weighted by molar-refractivity contribution is 7.17. The lowest BCUT2D eigenvalue weighted by atomic mass is 10.3. The van der Waals surface area contributed by atoms with Gasteiger partial charge in [0, 0.05) is 35.5 Å². The third-order valence-corrected chi connectivity index (χ3v) is 17.6. The quantitative estimate of drug-likeness (QED) is 0.0850. The summed E-state index contributed by atoms with van der Waals surface area (Å²) in [5.41, 5.74) is 12.0. The van der Waals surface area contributed by atoms with E-state index in [0.29, 0.717) is 26.6 Å². The van der Waals surface area contributed by atoms with Crippen molar-refractivity contribution in [2.24, 2.45) is 0 Å². The van der Waals surface area contributed by atoms with Gasteiger partial charge in [-0.1, -0.05) is 44.0 Å². The highest BCUT2D eigenvalue weighted by atomic mass is 35.5. The first-order valence-corrected chi connectivity index (χ1v) is 29.8. The van der Waals surface area contributed by atoms with Crippen LogP contribution in [0.2, 0.25) is 10.0 Å². The summed E-state index contributed by atoms with van der Waals surface area (Å²) >= 11 is 22.3. The first-order valence-electron chi connectivity index (χ1n) is 23.1. The van der Waals surface area contributed by atoms with Gasteiger partial charge in [-0.15, -0.1) is 79.4 Å². The number of nitrogens with zero attached hydrogens (tertiary/aromatic N) is 11.